The van der Waals surface area contributed by atoms with Gasteiger partial charge in [-0.3, -0.25) is 4.79 Å². The fourth-order valence-corrected chi connectivity index (χ4v) is 0. The van der Waals surface area contributed by atoms with Crippen molar-refractivity contribution in [1.29, 1.82) is 0 Å². The first-order valence-electron chi connectivity index (χ1n) is 3.10. The summed E-state index contributed by atoms with van der Waals surface area (Å²) in [6.07, 6.45) is 0. The van der Waals surface area contributed by atoms with Gasteiger partial charge in [-0.15, -0.1) is 0 Å². The smallest absolute Gasteiger partial charge is 0.300 e. The van der Waals surface area contributed by atoms with E-state index in [9.17, 15) is 0 Å². The summed E-state index contributed by atoms with van der Waals surface area (Å²) in [5, 5.41) is 8.52. The molecule has 4 heteroatoms. The molecule has 0 heterocycles. The minimum Gasteiger partial charge on any atom is -0.481 e. The molecule has 0 aromatic rings. The average Bonchev–Trinajstić information content (AvgIpc) is 1.63. The van der Waals surface area contributed by atoms with Crippen molar-refractivity contribution in [3.8, 4) is 0 Å². The number of carboxylic acid groups (broad SMARTS) is 1. The highest BCUT2D eigenvalue weighted by Crippen LogP contribution is 2.00. The fourth-order valence-electron chi connectivity index (χ4n) is 0. The Morgan fingerprint density at radius 3 is 1.60 bits per heavy atom. The number of hydrogen-bond donors (Lipinski definition) is 2. The van der Waals surface area contributed by atoms with E-state index < -0.39 is 14.0 Å². The highest BCUT2D eigenvalue weighted by Gasteiger charge is 2.07. The zero-order valence-corrected chi connectivity index (χ0v) is 8.90. The van der Waals surface area contributed by atoms with Gasteiger partial charge in [-0.25, -0.2) is 0 Å². The van der Waals surface area contributed by atoms with Gasteiger partial charge >= 0.3 is 0 Å². The molecule has 0 atom stereocenters. The quantitative estimate of drug-likeness (QED) is 0.477. The van der Waals surface area contributed by atoms with E-state index in [1.165, 1.54) is 0 Å². The second-order valence-corrected chi connectivity index (χ2v) is 9.62. The van der Waals surface area contributed by atoms with Gasteiger partial charge in [0.1, 0.15) is 0 Å². The number of hydrogen-bond acceptors (Lipinski definition) is 2. The lowest BCUT2D eigenvalue weighted by Gasteiger charge is -2.08. The number of rotatable bonds is 1. The molecule has 0 spiro atoms. The van der Waals surface area contributed by atoms with E-state index in [0.29, 0.717) is 0 Å². The van der Waals surface area contributed by atoms with E-state index in [1.807, 2.05) is 0 Å². The van der Waals surface area contributed by atoms with Crippen LogP contribution in [0, 0.1) is 0 Å². The molecule has 0 bridgehead atoms. The summed E-state index contributed by atoms with van der Waals surface area (Å²) in [6.45, 7) is 8.00. The number of aliphatic carboxylic acids is 1. The van der Waals surface area contributed by atoms with Gasteiger partial charge in [0, 0.05) is 6.92 Å². The monoisotopic (exact) mass is 180 g/mol. The fraction of sp³-hybridized carbons (Fsp3) is 0.833. The highest BCUT2D eigenvalue weighted by molar-refractivity contribution is 7.82. The van der Waals surface area contributed by atoms with Gasteiger partial charge in [0.15, 0.2) is 0 Å². The van der Waals surface area contributed by atoms with Crippen LogP contribution in [0.25, 0.3) is 0 Å². The Labute approximate surface area is 69.1 Å². The van der Waals surface area contributed by atoms with Crippen molar-refractivity contribution in [2.45, 2.75) is 26.6 Å². The average molecular weight is 180 g/mol. The van der Waals surface area contributed by atoms with Crippen molar-refractivity contribution in [2.24, 2.45) is 0 Å². The molecule has 0 amide bonds. The Hall–Kier alpha value is 0.0369. The van der Waals surface area contributed by atoms with Crippen molar-refractivity contribution < 1.29 is 9.90 Å². The molecule has 0 radical (unpaired) electrons. The van der Waals surface area contributed by atoms with Crippen LogP contribution in [-0.2, 0) is 4.79 Å². The molecule has 62 valence electrons. The highest BCUT2D eigenvalue weighted by atomic mass is 32.1. The van der Waals surface area contributed by atoms with E-state index in [1.54, 1.807) is 0 Å². The zero-order chi connectivity index (χ0) is 8.78. The van der Waals surface area contributed by atoms with Gasteiger partial charge in [-0.1, -0.05) is 19.6 Å². The number of carboxylic acids is 1. The molecule has 0 aliphatic carbocycles. The standard InChI is InChI=1S/C4H12SSi.C2H4O2/c1-6(2,3)4-5;1-2(3)4/h5H,4H2,1-3H3;1H3,(H,3,4). The maximum atomic E-state index is 9.00. The molecule has 0 unspecified atom stereocenters. The summed E-state index contributed by atoms with van der Waals surface area (Å²) in [7, 11) is -0.767. The van der Waals surface area contributed by atoms with Crippen molar-refractivity contribution in [2.75, 3.05) is 5.38 Å². The maximum Gasteiger partial charge on any atom is 0.300 e. The molecule has 0 rings (SSSR count). The van der Waals surface area contributed by atoms with Gasteiger partial charge in [0.05, 0.1) is 8.07 Å². The van der Waals surface area contributed by atoms with Gasteiger partial charge < -0.3 is 5.11 Å². The largest absolute Gasteiger partial charge is 0.481 e. The SMILES string of the molecule is CC(=O)O.C[Si](C)(C)CS. The van der Waals surface area contributed by atoms with E-state index in [2.05, 4.69) is 32.3 Å². The summed E-state index contributed by atoms with van der Waals surface area (Å²) in [5.74, 6) is -0.833. The van der Waals surface area contributed by atoms with Crippen LogP contribution in [0.2, 0.25) is 19.6 Å². The van der Waals surface area contributed by atoms with E-state index in [4.69, 9.17) is 9.90 Å². The van der Waals surface area contributed by atoms with E-state index in [-0.39, 0.29) is 0 Å². The molecule has 10 heavy (non-hydrogen) atoms. The Kier molecular flexibility index (Phi) is 7.35. The van der Waals surface area contributed by atoms with Crippen LogP contribution in [0.4, 0.5) is 0 Å². The maximum absolute atomic E-state index is 9.00. The molecular weight excluding hydrogens is 164 g/mol. The van der Waals surface area contributed by atoms with E-state index in [0.717, 1.165) is 12.3 Å². The molecule has 0 saturated carbocycles. The van der Waals surface area contributed by atoms with Crippen molar-refractivity contribution >= 4 is 26.7 Å². The zero-order valence-electron chi connectivity index (χ0n) is 7.01. The topological polar surface area (TPSA) is 37.3 Å². The van der Waals surface area contributed by atoms with Crippen LogP contribution in [0.5, 0.6) is 0 Å². The second kappa shape index (κ2) is 5.79. The molecule has 1 N–H and O–H groups in total. The second-order valence-electron chi connectivity index (χ2n) is 3.24. The predicted molar refractivity (Wildman–Crippen MR) is 50.5 cm³/mol. The lowest BCUT2D eigenvalue weighted by molar-refractivity contribution is -0.134. The van der Waals surface area contributed by atoms with Gasteiger partial charge in [0.2, 0.25) is 0 Å². The third-order valence-corrected chi connectivity index (χ3v) is 4.27. The Balaban J connectivity index is 0. The minimum atomic E-state index is -0.833. The molecule has 2 nitrogen and oxygen atoms in total. The lowest BCUT2D eigenvalue weighted by atomic mass is 10.9. The van der Waals surface area contributed by atoms with Crippen molar-refractivity contribution in [3.05, 3.63) is 0 Å². The van der Waals surface area contributed by atoms with Gasteiger partial charge in [-0.2, -0.15) is 12.6 Å². The third-order valence-electron chi connectivity index (χ3n) is 0.474. The first-order valence-corrected chi connectivity index (χ1v) is 7.44. The van der Waals surface area contributed by atoms with Gasteiger partial charge in [-0.05, 0) is 5.38 Å². The summed E-state index contributed by atoms with van der Waals surface area (Å²) < 4.78 is 0. The summed E-state index contributed by atoms with van der Waals surface area (Å²) in [4.78, 5) is 9.00. The minimum absolute atomic E-state index is 0.767. The van der Waals surface area contributed by atoms with E-state index >= 15 is 0 Å². The first kappa shape index (κ1) is 12.7. The summed E-state index contributed by atoms with van der Waals surface area (Å²) >= 11 is 4.16. The summed E-state index contributed by atoms with van der Waals surface area (Å²) in [5.41, 5.74) is 0. The molecule has 0 aromatic carbocycles. The number of carbonyl (C=O) groups is 1. The van der Waals surface area contributed by atoms with Crippen molar-refractivity contribution in [3.63, 3.8) is 0 Å². The Morgan fingerprint density at radius 1 is 1.50 bits per heavy atom. The molecule has 0 aliphatic rings. The molecule has 0 aliphatic heterocycles. The normalized spacial score (nSPS) is 9.70. The van der Waals surface area contributed by atoms with Crippen LogP contribution < -0.4 is 0 Å². The Bertz CT molecular complexity index is 94.4. The molecule has 0 saturated heterocycles. The van der Waals surface area contributed by atoms with Crippen LogP contribution in [0.3, 0.4) is 0 Å². The first-order chi connectivity index (χ1) is 4.29. The van der Waals surface area contributed by atoms with Crippen LogP contribution in [0.1, 0.15) is 6.92 Å². The molecule has 0 fully saturated rings. The Morgan fingerprint density at radius 2 is 1.60 bits per heavy atom. The van der Waals surface area contributed by atoms with Crippen LogP contribution in [0.15, 0.2) is 0 Å². The van der Waals surface area contributed by atoms with Crippen molar-refractivity contribution in [1.82, 2.24) is 0 Å². The van der Waals surface area contributed by atoms with Crippen LogP contribution >= 0.6 is 12.6 Å². The van der Waals surface area contributed by atoms with Crippen LogP contribution in [-0.4, -0.2) is 24.5 Å². The molecule has 0 aromatic heterocycles. The lowest BCUT2D eigenvalue weighted by Crippen LogP contribution is -2.21. The number of thiol groups is 1. The summed E-state index contributed by atoms with van der Waals surface area (Å²) in [6, 6.07) is 0. The predicted octanol–water partition coefficient (Wildman–Crippen LogP) is 1.88. The third kappa shape index (κ3) is 43.2. The molecular formula is C6H16O2SSi. The van der Waals surface area contributed by atoms with Gasteiger partial charge in [0.25, 0.3) is 5.97 Å².